The maximum Gasteiger partial charge on any atom is 0.305 e. The van der Waals surface area contributed by atoms with Crippen LogP contribution < -0.4 is 5.32 Å². The van der Waals surface area contributed by atoms with E-state index in [1.165, 1.54) is 11.3 Å². The molecule has 0 atom stereocenters. The van der Waals surface area contributed by atoms with Gasteiger partial charge in [-0.2, -0.15) is 0 Å². The second kappa shape index (κ2) is 7.24. The molecule has 2 heterocycles. The summed E-state index contributed by atoms with van der Waals surface area (Å²) in [6, 6.07) is 1.85. The van der Waals surface area contributed by atoms with Gasteiger partial charge in [-0.15, -0.1) is 11.3 Å². The highest BCUT2D eigenvalue weighted by Crippen LogP contribution is 2.25. The van der Waals surface area contributed by atoms with Crippen molar-refractivity contribution in [1.82, 2.24) is 5.32 Å². The summed E-state index contributed by atoms with van der Waals surface area (Å²) in [5.41, 5.74) is -0.672. The lowest BCUT2D eigenvalue weighted by molar-refractivity contribution is -0.140. The average Bonchev–Trinajstić information content (AvgIpc) is 2.82. The van der Waals surface area contributed by atoms with E-state index in [2.05, 4.69) is 5.32 Å². The highest BCUT2D eigenvalue weighted by atomic mass is 35.5. The number of carboxylic acid groups (broad SMARTS) is 1. The van der Waals surface area contributed by atoms with Crippen LogP contribution >= 0.6 is 22.9 Å². The average molecular weight is 332 g/mol. The van der Waals surface area contributed by atoms with E-state index in [-0.39, 0.29) is 12.3 Å². The molecule has 7 heteroatoms. The molecule has 21 heavy (non-hydrogen) atoms. The zero-order valence-corrected chi connectivity index (χ0v) is 13.1. The normalized spacial score (nSPS) is 17.4. The van der Waals surface area contributed by atoms with Crippen LogP contribution in [0, 0.1) is 0 Å². The Labute approximate surface area is 132 Å². The van der Waals surface area contributed by atoms with Gasteiger partial charge in [0.1, 0.15) is 0 Å². The third-order valence-electron chi connectivity index (χ3n) is 3.56. The number of nitrogens with one attached hydrogen (secondary N) is 1. The number of carbonyl (C=O) groups excluding carboxylic acids is 1. The zero-order valence-electron chi connectivity index (χ0n) is 11.6. The molecular weight excluding hydrogens is 314 g/mol. The van der Waals surface area contributed by atoms with E-state index in [1.54, 1.807) is 0 Å². The number of thiophene rings is 1. The van der Waals surface area contributed by atoms with Gasteiger partial charge in [0.15, 0.2) is 0 Å². The number of halogens is 1. The topological polar surface area (TPSA) is 75.6 Å². The van der Waals surface area contributed by atoms with E-state index >= 15 is 0 Å². The van der Waals surface area contributed by atoms with Crippen LogP contribution in [0.15, 0.2) is 11.4 Å². The van der Waals surface area contributed by atoms with Crippen molar-refractivity contribution in [2.45, 2.75) is 37.6 Å². The van der Waals surface area contributed by atoms with Gasteiger partial charge in [0.2, 0.25) is 5.91 Å². The van der Waals surface area contributed by atoms with Crippen LogP contribution in [0.1, 0.15) is 30.6 Å². The fraction of sp³-hybridized carbons (Fsp3) is 0.571. The molecule has 2 N–H and O–H groups in total. The lowest BCUT2D eigenvalue weighted by Crippen LogP contribution is -2.53. The summed E-state index contributed by atoms with van der Waals surface area (Å²) in [5, 5.41) is 14.5. The number of aliphatic carboxylic acids is 1. The van der Waals surface area contributed by atoms with E-state index in [4.69, 9.17) is 21.4 Å². The monoisotopic (exact) mass is 331 g/mol. The minimum atomic E-state index is -0.901. The summed E-state index contributed by atoms with van der Waals surface area (Å²) in [7, 11) is 0. The molecule has 5 nitrogen and oxygen atoms in total. The molecule has 0 unspecified atom stereocenters. The second-order valence-electron chi connectivity index (χ2n) is 5.24. The number of aryl methyl sites for hydroxylation is 1. The van der Waals surface area contributed by atoms with Gasteiger partial charge in [0.25, 0.3) is 0 Å². The van der Waals surface area contributed by atoms with E-state index in [0.29, 0.717) is 43.9 Å². The molecule has 0 saturated carbocycles. The van der Waals surface area contributed by atoms with Crippen LogP contribution in [0.4, 0.5) is 0 Å². The fourth-order valence-corrected chi connectivity index (χ4v) is 3.55. The molecule has 1 aliphatic heterocycles. The molecule has 0 radical (unpaired) electrons. The molecule has 1 saturated heterocycles. The Morgan fingerprint density at radius 2 is 2.14 bits per heavy atom. The third-order valence-corrected chi connectivity index (χ3v) is 4.91. The first-order valence-corrected chi connectivity index (χ1v) is 8.08. The van der Waals surface area contributed by atoms with Crippen molar-refractivity contribution in [3.05, 3.63) is 21.3 Å². The highest BCUT2D eigenvalue weighted by Gasteiger charge is 2.36. The van der Waals surface area contributed by atoms with E-state index < -0.39 is 11.5 Å². The third kappa shape index (κ3) is 4.98. The molecule has 116 valence electrons. The molecule has 0 aliphatic carbocycles. The number of amides is 1. The van der Waals surface area contributed by atoms with Gasteiger partial charge >= 0.3 is 5.97 Å². The summed E-state index contributed by atoms with van der Waals surface area (Å²) >= 11 is 7.36. The molecule has 1 aliphatic rings. The molecule has 1 amide bonds. The molecule has 0 spiro atoms. The Kier molecular flexibility index (Phi) is 5.61. The van der Waals surface area contributed by atoms with Crippen molar-refractivity contribution < 1.29 is 19.4 Å². The van der Waals surface area contributed by atoms with Crippen molar-refractivity contribution in [2.24, 2.45) is 0 Å². The number of carboxylic acids is 1. The maximum atomic E-state index is 12.1. The molecule has 2 rings (SSSR count). The van der Waals surface area contributed by atoms with Gasteiger partial charge in [0, 0.05) is 29.9 Å². The predicted octanol–water partition coefficient (Wildman–Crippen LogP) is 2.47. The SMILES string of the molecule is O=C(O)CC1(NC(=O)CCc2cc(Cl)cs2)CCOCC1. The first kappa shape index (κ1) is 16.3. The lowest BCUT2D eigenvalue weighted by Gasteiger charge is -2.36. The van der Waals surface area contributed by atoms with Crippen LogP contribution in [0.2, 0.25) is 5.02 Å². The maximum absolute atomic E-state index is 12.1. The molecular formula is C14H18ClNO4S. The van der Waals surface area contributed by atoms with Crippen molar-refractivity contribution in [3.63, 3.8) is 0 Å². The largest absolute Gasteiger partial charge is 0.481 e. The van der Waals surface area contributed by atoms with E-state index in [1.807, 2.05) is 11.4 Å². The number of hydrogen-bond donors (Lipinski definition) is 2. The number of ether oxygens (including phenoxy) is 1. The summed E-state index contributed by atoms with van der Waals surface area (Å²) in [4.78, 5) is 24.2. The fourth-order valence-electron chi connectivity index (χ4n) is 2.48. The number of rotatable bonds is 6. The lowest BCUT2D eigenvalue weighted by atomic mass is 9.86. The minimum Gasteiger partial charge on any atom is -0.481 e. The highest BCUT2D eigenvalue weighted by molar-refractivity contribution is 7.10. The van der Waals surface area contributed by atoms with Gasteiger partial charge in [-0.1, -0.05) is 11.6 Å². The van der Waals surface area contributed by atoms with Crippen molar-refractivity contribution in [2.75, 3.05) is 13.2 Å². The predicted molar refractivity (Wildman–Crippen MR) is 80.8 cm³/mol. The Morgan fingerprint density at radius 1 is 1.43 bits per heavy atom. The standard InChI is InChI=1S/C14H18ClNO4S/c15-10-7-11(21-9-10)1-2-12(17)16-14(8-13(18)19)3-5-20-6-4-14/h7,9H,1-6,8H2,(H,16,17)(H,18,19). The van der Waals surface area contributed by atoms with Gasteiger partial charge < -0.3 is 15.2 Å². The second-order valence-corrected chi connectivity index (χ2v) is 6.67. The van der Waals surface area contributed by atoms with Crippen LogP contribution in [0.5, 0.6) is 0 Å². The molecule has 1 aromatic rings. The Morgan fingerprint density at radius 3 is 2.71 bits per heavy atom. The Hall–Kier alpha value is -1.11. The molecule has 0 bridgehead atoms. The van der Waals surface area contributed by atoms with Crippen molar-refractivity contribution >= 4 is 34.8 Å². The number of carbonyl (C=O) groups is 2. The van der Waals surface area contributed by atoms with E-state index in [0.717, 1.165) is 4.88 Å². The first-order valence-electron chi connectivity index (χ1n) is 6.83. The van der Waals surface area contributed by atoms with Crippen molar-refractivity contribution in [1.29, 1.82) is 0 Å². The molecule has 1 aromatic heterocycles. The molecule has 0 aromatic carbocycles. The first-order chi connectivity index (χ1) is 9.99. The summed E-state index contributed by atoms with van der Waals surface area (Å²) in [6.45, 7) is 0.961. The summed E-state index contributed by atoms with van der Waals surface area (Å²) < 4.78 is 5.26. The van der Waals surface area contributed by atoms with Crippen LogP contribution in [0.3, 0.4) is 0 Å². The van der Waals surface area contributed by atoms with Crippen LogP contribution in [0.25, 0.3) is 0 Å². The van der Waals surface area contributed by atoms with Crippen LogP contribution in [-0.4, -0.2) is 35.7 Å². The Bertz CT molecular complexity index is 511. The zero-order chi connectivity index (χ0) is 15.3. The smallest absolute Gasteiger partial charge is 0.305 e. The Balaban J connectivity index is 1.89. The van der Waals surface area contributed by atoms with E-state index in [9.17, 15) is 9.59 Å². The minimum absolute atomic E-state index is 0.0626. The molecule has 1 fully saturated rings. The van der Waals surface area contributed by atoms with Gasteiger partial charge in [-0.3, -0.25) is 9.59 Å². The van der Waals surface area contributed by atoms with Crippen molar-refractivity contribution in [3.8, 4) is 0 Å². The quantitative estimate of drug-likeness (QED) is 0.839. The summed E-state index contributed by atoms with van der Waals surface area (Å²) in [6.07, 6.45) is 1.96. The van der Waals surface area contributed by atoms with Crippen LogP contribution in [-0.2, 0) is 20.7 Å². The van der Waals surface area contributed by atoms with Gasteiger partial charge in [0.05, 0.1) is 17.0 Å². The van der Waals surface area contributed by atoms with Gasteiger partial charge in [-0.05, 0) is 25.3 Å². The van der Waals surface area contributed by atoms with Gasteiger partial charge in [-0.25, -0.2) is 0 Å². The summed E-state index contributed by atoms with van der Waals surface area (Å²) in [5.74, 6) is -1.02. The number of hydrogen-bond acceptors (Lipinski definition) is 4.